The Morgan fingerprint density at radius 3 is 2.12 bits per heavy atom. The van der Waals surface area contributed by atoms with E-state index >= 15 is 0 Å². The number of carbonyl (C=O) groups excluding carboxylic acids is 2. The van der Waals surface area contributed by atoms with Crippen LogP contribution in [-0.4, -0.2) is 46.9 Å². The Morgan fingerprint density at radius 1 is 0.969 bits per heavy atom. The molecule has 0 saturated heterocycles. The van der Waals surface area contributed by atoms with E-state index in [0.717, 1.165) is 24.3 Å². The Bertz CT molecular complexity index is 1040. The van der Waals surface area contributed by atoms with E-state index in [1.165, 1.54) is 13.2 Å². The summed E-state index contributed by atoms with van der Waals surface area (Å²) in [4.78, 5) is 23.3. The van der Waals surface area contributed by atoms with Gasteiger partial charge in [0.15, 0.2) is 0 Å². The predicted octanol–water partition coefficient (Wildman–Crippen LogP) is 2.48. The van der Waals surface area contributed by atoms with Gasteiger partial charge in [0.25, 0.3) is 0 Å². The van der Waals surface area contributed by atoms with Crippen LogP contribution in [0.5, 0.6) is 5.75 Å². The topological polar surface area (TPSA) is 123 Å². The van der Waals surface area contributed by atoms with Gasteiger partial charge in [-0.25, -0.2) is 13.1 Å². The van der Waals surface area contributed by atoms with Crippen molar-refractivity contribution in [3.8, 4) is 5.75 Å². The molecule has 32 heavy (non-hydrogen) atoms. The molecule has 9 nitrogen and oxygen atoms in total. The molecule has 0 aromatic heterocycles. The average Bonchev–Trinajstić information content (AvgIpc) is 2.67. The second-order valence-corrected chi connectivity index (χ2v) is 8.04. The molecular formula is C19H20F3N3O6S. The van der Waals surface area contributed by atoms with E-state index in [0.29, 0.717) is 11.4 Å². The lowest BCUT2D eigenvalue weighted by atomic mass is 10.2. The van der Waals surface area contributed by atoms with Crippen molar-refractivity contribution in [2.24, 2.45) is 0 Å². The maximum Gasteiger partial charge on any atom is 0.573 e. The first-order valence-corrected chi connectivity index (χ1v) is 10.5. The predicted molar refractivity (Wildman–Crippen MR) is 109 cm³/mol. The van der Waals surface area contributed by atoms with E-state index < -0.39 is 28.0 Å². The molecule has 2 rings (SSSR count). The summed E-state index contributed by atoms with van der Waals surface area (Å²) in [5, 5.41) is 5.14. The summed E-state index contributed by atoms with van der Waals surface area (Å²) in [6, 6.07) is 9.95. The number of benzene rings is 2. The zero-order chi connectivity index (χ0) is 23.8. The van der Waals surface area contributed by atoms with Crippen molar-refractivity contribution in [1.82, 2.24) is 4.72 Å². The van der Waals surface area contributed by atoms with Crippen LogP contribution in [0.15, 0.2) is 53.4 Å². The van der Waals surface area contributed by atoms with E-state index in [1.807, 2.05) is 0 Å². The van der Waals surface area contributed by atoms with Gasteiger partial charge < -0.3 is 20.1 Å². The molecule has 0 spiro atoms. The van der Waals surface area contributed by atoms with Crippen LogP contribution >= 0.6 is 0 Å². The van der Waals surface area contributed by atoms with Crippen LogP contribution in [0.25, 0.3) is 0 Å². The monoisotopic (exact) mass is 475 g/mol. The first-order chi connectivity index (χ1) is 15.0. The maximum absolute atomic E-state index is 12.2. The number of methoxy groups -OCH3 is 1. The largest absolute Gasteiger partial charge is 0.573 e. The minimum absolute atomic E-state index is 0.130. The molecule has 2 aromatic rings. The summed E-state index contributed by atoms with van der Waals surface area (Å²) < 4.78 is 71.5. The number of alkyl halides is 3. The van der Waals surface area contributed by atoms with Gasteiger partial charge in [-0.05, 0) is 42.5 Å². The smallest absolute Gasteiger partial charge is 0.406 e. The molecule has 0 atom stereocenters. The molecule has 0 radical (unpaired) electrons. The fourth-order valence-electron chi connectivity index (χ4n) is 2.43. The van der Waals surface area contributed by atoms with Gasteiger partial charge in [-0.3, -0.25) is 9.59 Å². The lowest BCUT2D eigenvalue weighted by molar-refractivity contribution is -0.274. The molecule has 13 heteroatoms. The zero-order valence-corrected chi connectivity index (χ0v) is 17.5. The molecule has 0 fully saturated rings. The van der Waals surface area contributed by atoms with E-state index in [2.05, 4.69) is 20.1 Å². The molecule has 0 saturated carbocycles. The Kier molecular flexibility index (Phi) is 8.57. The van der Waals surface area contributed by atoms with Gasteiger partial charge in [0.05, 0.1) is 4.90 Å². The van der Waals surface area contributed by atoms with E-state index in [-0.39, 0.29) is 30.4 Å². The number of sulfonamides is 1. The van der Waals surface area contributed by atoms with Gasteiger partial charge in [0.2, 0.25) is 21.8 Å². The van der Waals surface area contributed by atoms with Crippen molar-refractivity contribution < 1.29 is 40.7 Å². The molecule has 2 aromatic carbocycles. The van der Waals surface area contributed by atoms with Crippen LogP contribution < -0.4 is 20.1 Å². The van der Waals surface area contributed by atoms with Crippen molar-refractivity contribution >= 4 is 33.2 Å². The lowest BCUT2D eigenvalue weighted by Gasteiger charge is -2.11. The molecule has 0 aliphatic heterocycles. The summed E-state index contributed by atoms with van der Waals surface area (Å²) in [7, 11) is -2.66. The molecule has 0 bridgehead atoms. The van der Waals surface area contributed by atoms with Crippen molar-refractivity contribution in [3.63, 3.8) is 0 Å². The Balaban J connectivity index is 1.86. The van der Waals surface area contributed by atoms with Crippen LogP contribution in [0.3, 0.4) is 0 Å². The molecular weight excluding hydrogens is 455 g/mol. The van der Waals surface area contributed by atoms with Gasteiger partial charge in [0.1, 0.15) is 12.4 Å². The first kappa shape index (κ1) is 25.1. The van der Waals surface area contributed by atoms with Gasteiger partial charge in [-0.2, -0.15) is 0 Å². The summed E-state index contributed by atoms with van der Waals surface area (Å²) in [6.07, 6.45) is -5.10. The van der Waals surface area contributed by atoms with Gasteiger partial charge in [-0.1, -0.05) is 6.07 Å². The highest BCUT2D eigenvalue weighted by molar-refractivity contribution is 7.89. The third-order valence-electron chi connectivity index (χ3n) is 3.72. The van der Waals surface area contributed by atoms with Gasteiger partial charge in [-0.15, -0.1) is 13.2 Å². The summed E-state index contributed by atoms with van der Waals surface area (Å²) in [5.41, 5.74) is 0.817. The molecule has 0 aliphatic rings. The number of halogens is 3. The van der Waals surface area contributed by atoms with E-state index in [1.54, 1.807) is 18.2 Å². The normalized spacial score (nSPS) is 11.6. The minimum atomic E-state index is -4.89. The van der Waals surface area contributed by atoms with Crippen molar-refractivity contribution in [1.29, 1.82) is 0 Å². The molecule has 3 N–H and O–H groups in total. The van der Waals surface area contributed by atoms with Crippen molar-refractivity contribution in [2.45, 2.75) is 17.7 Å². The van der Waals surface area contributed by atoms with Gasteiger partial charge >= 0.3 is 6.36 Å². The van der Waals surface area contributed by atoms with Crippen molar-refractivity contribution in [2.75, 3.05) is 30.9 Å². The van der Waals surface area contributed by atoms with E-state index in [9.17, 15) is 31.2 Å². The Hall–Kier alpha value is -3.16. The number of ether oxygens (including phenoxy) is 2. The number of hydrogen-bond donors (Lipinski definition) is 3. The van der Waals surface area contributed by atoms with Crippen LogP contribution in [0.2, 0.25) is 0 Å². The average molecular weight is 475 g/mol. The maximum atomic E-state index is 12.2. The Labute approximate surface area is 182 Å². The Morgan fingerprint density at radius 2 is 1.56 bits per heavy atom. The molecule has 174 valence electrons. The first-order valence-electron chi connectivity index (χ1n) is 9.03. The molecule has 2 amide bonds. The fraction of sp³-hybridized carbons (Fsp3) is 0.263. The summed E-state index contributed by atoms with van der Waals surface area (Å²) >= 11 is 0. The SMILES string of the molecule is COCC(=O)Nc1cccc(NC(=O)CCNS(=O)(=O)c2ccc(OC(F)(F)F)cc2)c1. The highest BCUT2D eigenvalue weighted by Crippen LogP contribution is 2.23. The summed E-state index contributed by atoms with van der Waals surface area (Å²) in [6.45, 7) is -0.381. The zero-order valence-electron chi connectivity index (χ0n) is 16.7. The standard InChI is InChI=1S/C19H20F3N3O6S/c1-30-12-18(27)25-14-4-2-3-13(11-14)24-17(26)9-10-23-32(28,29)16-7-5-15(6-8-16)31-19(20,21)22/h2-8,11,23H,9-10,12H2,1H3,(H,24,26)(H,25,27). The third kappa shape index (κ3) is 8.53. The van der Waals surface area contributed by atoms with Crippen LogP contribution in [0.1, 0.15) is 6.42 Å². The van der Waals surface area contributed by atoms with Gasteiger partial charge in [0, 0.05) is 31.5 Å². The second kappa shape index (κ2) is 10.9. The quantitative estimate of drug-likeness (QED) is 0.485. The molecule has 0 aliphatic carbocycles. The number of anilines is 2. The molecule has 0 heterocycles. The second-order valence-electron chi connectivity index (χ2n) is 6.28. The summed E-state index contributed by atoms with van der Waals surface area (Å²) in [5.74, 6) is -1.43. The van der Waals surface area contributed by atoms with Crippen LogP contribution in [0, 0.1) is 0 Å². The number of carbonyl (C=O) groups is 2. The van der Waals surface area contributed by atoms with E-state index in [4.69, 9.17) is 4.74 Å². The number of hydrogen-bond acceptors (Lipinski definition) is 6. The highest BCUT2D eigenvalue weighted by Gasteiger charge is 2.31. The number of amides is 2. The fourth-order valence-corrected chi connectivity index (χ4v) is 3.46. The highest BCUT2D eigenvalue weighted by atomic mass is 32.2. The number of rotatable bonds is 10. The van der Waals surface area contributed by atoms with Crippen LogP contribution in [0.4, 0.5) is 24.5 Å². The third-order valence-corrected chi connectivity index (χ3v) is 5.19. The minimum Gasteiger partial charge on any atom is -0.406 e. The lowest BCUT2D eigenvalue weighted by Crippen LogP contribution is -2.28. The van der Waals surface area contributed by atoms with Crippen LogP contribution in [-0.2, 0) is 24.3 Å². The number of nitrogens with one attached hydrogen (secondary N) is 3. The molecule has 0 unspecified atom stereocenters. The van der Waals surface area contributed by atoms with Crippen molar-refractivity contribution in [3.05, 3.63) is 48.5 Å².